The molecule has 24 heavy (non-hydrogen) atoms. The minimum atomic E-state index is -0.130. The Morgan fingerprint density at radius 1 is 1.46 bits per heavy atom. The molecule has 0 saturated carbocycles. The number of amides is 1. The molecule has 1 aliphatic rings. The summed E-state index contributed by atoms with van der Waals surface area (Å²) in [4.78, 5) is 27.6. The molecule has 0 radical (unpaired) electrons. The van der Waals surface area contributed by atoms with Crippen LogP contribution in [0, 0.1) is 11.8 Å². The van der Waals surface area contributed by atoms with E-state index in [4.69, 9.17) is 4.52 Å². The van der Waals surface area contributed by atoms with Gasteiger partial charge >= 0.3 is 0 Å². The van der Waals surface area contributed by atoms with Crippen molar-refractivity contribution in [2.24, 2.45) is 11.8 Å². The van der Waals surface area contributed by atoms with Crippen LogP contribution in [0.2, 0.25) is 0 Å². The van der Waals surface area contributed by atoms with E-state index in [-0.39, 0.29) is 29.3 Å². The molecule has 2 atom stereocenters. The number of nitrogens with one attached hydrogen (secondary N) is 2. The Bertz CT molecular complexity index is 698. The van der Waals surface area contributed by atoms with Crippen LogP contribution in [0.1, 0.15) is 36.0 Å². The van der Waals surface area contributed by atoms with Crippen LogP contribution < -0.4 is 10.6 Å². The van der Waals surface area contributed by atoms with E-state index in [1.807, 2.05) is 5.38 Å². The number of aromatic nitrogens is 2. The molecule has 7 nitrogen and oxygen atoms in total. The molecule has 1 saturated heterocycles. The van der Waals surface area contributed by atoms with Crippen molar-refractivity contribution in [3.63, 3.8) is 0 Å². The SMILES string of the molecule is CC(=O)c1cc(CC2CNCCC2CC(=O)Nc2nccs2)no1. The van der Waals surface area contributed by atoms with Crippen LogP contribution in [-0.2, 0) is 11.2 Å². The lowest BCUT2D eigenvalue weighted by atomic mass is 9.81. The number of hydrogen-bond donors (Lipinski definition) is 2. The first-order chi connectivity index (χ1) is 11.6. The van der Waals surface area contributed by atoms with E-state index >= 15 is 0 Å². The van der Waals surface area contributed by atoms with Gasteiger partial charge in [0.1, 0.15) is 0 Å². The summed E-state index contributed by atoms with van der Waals surface area (Å²) < 4.78 is 5.05. The van der Waals surface area contributed by atoms with Crippen molar-refractivity contribution in [2.45, 2.75) is 26.2 Å². The predicted molar refractivity (Wildman–Crippen MR) is 90.0 cm³/mol. The summed E-state index contributed by atoms with van der Waals surface area (Å²) in [7, 11) is 0. The normalized spacial score (nSPS) is 20.7. The van der Waals surface area contributed by atoms with Crippen LogP contribution in [0.25, 0.3) is 0 Å². The zero-order valence-electron chi connectivity index (χ0n) is 13.4. The van der Waals surface area contributed by atoms with Gasteiger partial charge in [-0.2, -0.15) is 0 Å². The van der Waals surface area contributed by atoms with Crippen LogP contribution in [0.15, 0.2) is 22.2 Å². The molecule has 0 spiro atoms. The van der Waals surface area contributed by atoms with Crippen molar-refractivity contribution in [1.29, 1.82) is 0 Å². The fourth-order valence-corrected chi connectivity index (χ4v) is 3.57. The number of carbonyl (C=O) groups excluding carboxylic acids is 2. The smallest absolute Gasteiger partial charge is 0.226 e. The van der Waals surface area contributed by atoms with Crippen LogP contribution in [0.4, 0.5) is 5.13 Å². The van der Waals surface area contributed by atoms with E-state index in [0.29, 0.717) is 18.0 Å². The van der Waals surface area contributed by atoms with Gasteiger partial charge in [0.05, 0.1) is 5.69 Å². The van der Waals surface area contributed by atoms with Gasteiger partial charge in [-0.15, -0.1) is 11.3 Å². The largest absolute Gasteiger partial charge is 0.353 e. The molecule has 2 N–H and O–H groups in total. The van der Waals surface area contributed by atoms with Crippen molar-refractivity contribution in [1.82, 2.24) is 15.5 Å². The van der Waals surface area contributed by atoms with E-state index in [1.54, 1.807) is 12.3 Å². The standard InChI is InChI=1S/C16H20N4O3S/c1-10(21)14-8-13(20-23-14)6-12-9-17-3-2-11(12)7-15(22)19-16-18-4-5-24-16/h4-5,8,11-12,17H,2-3,6-7,9H2,1H3,(H,18,19,22). The Labute approximate surface area is 143 Å². The van der Waals surface area contributed by atoms with Crippen molar-refractivity contribution in [3.8, 4) is 0 Å². The topological polar surface area (TPSA) is 97.1 Å². The second-order valence-corrected chi connectivity index (χ2v) is 6.94. The average molecular weight is 348 g/mol. The minimum Gasteiger partial charge on any atom is -0.353 e. The summed E-state index contributed by atoms with van der Waals surface area (Å²) in [5, 5.41) is 12.6. The lowest BCUT2D eigenvalue weighted by molar-refractivity contribution is -0.117. The van der Waals surface area contributed by atoms with E-state index in [0.717, 1.165) is 25.2 Å². The molecule has 2 aromatic heterocycles. The second-order valence-electron chi connectivity index (χ2n) is 6.05. The molecular formula is C16H20N4O3S. The lowest BCUT2D eigenvalue weighted by Crippen LogP contribution is -2.39. The van der Waals surface area contributed by atoms with Gasteiger partial charge in [-0.05, 0) is 37.8 Å². The number of anilines is 1. The quantitative estimate of drug-likeness (QED) is 0.776. The average Bonchev–Trinajstić information content (AvgIpc) is 3.21. The second kappa shape index (κ2) is 7.67. The zero-order valence-corrected chi connectivity index (χ0v) is 14.3. The lowest BCUT2D eigenvalue weighted by Gasteiger charge is -2.31. The molecule has 3 heterocycles. The number of ketones is 1. The molecular weight excluding hydrogens is 328 g/mol. The van der Waals surface area contributed by atoms with Crippen molar-refractivity contribution >= 4 is 28.2 Å². The van der Waals surface area contributed by atoms with Crippen LogP contribution in [0.5, 0.6) is 0 Å². The first kappa shape index (κ1) is 16.8. The van der Waals surface area contributed by atoms with E-state index in [2.05, 4.69) is 20.8 Å². The highest BCUT2D eigenvalue weighted by atomic mass is 32.1. The van der Waals surface area contributed by atoms with E-state index < -0.39 is 0 Å². The van der Waals surface area contributed by atoms with Gasteiger partial charge in [0, 0.05) is 31.0 Å². The number of hydrogen-bond acceptors (Lipinski definition) is 7. The molecule has 2 aromatic rings. The van der Waals surface area contributed by atoms with Crippen LogP contribution in [0.3, 0.4) is 0 Å². The maximum Gasteiger partial charge on any atom is 0.226 e. The van der Waals surface area contributed by atoms with Gasteiger partial charge in [0.2, 0.25) is 11.7 Å². The van der Waals surface area contributed by atoms with Gasteiger partial charge in [0.25, 0.3) is 0 Å². The maximum atomic E-state index is 12.2. The summed E-state index contributed by atoms with van der Waals surface area (Å²) >= 11 is 1.41. The molecule has 1 fully saturated rings. The fraction of sp³-hybridized carbons (Fsp3) is 0.500. The molecule has 2 unspecified atom stereocenters. The minimum absolute atomic E-state index is 0.00794. The fourth-order valence-electron chi connectivity index (χ4n) is 3.02. The van der Waals surface area contributed by atoms with Crippen molar-refractivity contribution < 1.29 is 14.1 Å². The molecule has 0 aliphatic carbocycles. The van der Waals surface area contributed by atoms with E-state index in [1.165, 1.54) is 18.3 Å². The molecule has 3 rings (SSSR count). The maximum absolute atomic E-state index is 12.2. The van der Waals surface area contributed by atoms with Gasteiger partial charge < -0.3 is 15.2 Å². The first-order valence-corrected chi connectivity index (χ1v) is 8.86. The molecule has 128 valence electrons. The summed E-state index contributed by atoms with van der Waals surface area (Å²) in [6.45, 7) is 3.19. The molecule has 0 aromatic carbocycles. The summed E-state index contributed by atoms with van der Waals surface area (Å²) in [6.07, 6.45) is 3.76. The predicted octanol–water partition coefficient (Wildman–Crippen LogP) is 2.13. The van der Waals surface area contributed by atoms with E-state index in [9.17, 15) is 9.59 Å². The summed E-state index contributed by atoms with van der Waals surface area (Å²) in [5.74, 6) is 0.697. The Kier molecular flexibility index (Phi) is 5.37. The first-order valence-electron chi connectivity index (χ1n) is 7.98. The highest BCUT2D eigenvalue weighted by Crippen LogP contribution is 2.27. The number of thiazole rings is 1. The van der Waals surface area contributed by atoms with Crippen molar-refractivity contribution in [2.75, 3.05) is 18.4 Å². The molecule has 0 bridgehead atoms. The van der Waals surface area contributed by atoms with Crippen LogP contribution in [-0.4, -0.2) is 34.9 Å². The molecule has 8 heteroatoms. The molecule has 1 amide bonds. The third-order valence-corrected chi connectivity index (χ3v) is 4.96. The number of nitrogens with zero attached hydrogens (tertiary/aromatic N) is 2. The number of Topliss-reactive ketones (excluding diaryl/α,β-unsaturated/α-hetero) is 1. The number of piperidine rings is 1. The Hall–Kier alpha value is -2.06. The monoisotopic (exact) mass is 348 g/mol. The molecule has 1 aliphatic heterocycles. The van der Waals surface area contributed by atoms with Gasteiger partial charge in [-0.1, -0.05) is 5.16 Å². The third-order valence-electron chi connectivity index (χ3n) is 4.27. The summed E-state index contributed by atoms with van der Waals surface area (Å²) in [5.41, 5.74) is 0.763. The van der Waals surface area contributed by atoms with Crippen LogP contribution >= 0.6 is 11.3 Å². The highest BCUT2D eigenvalue weighted by molar-refractivity contribution is 7.13. The third kappa shape index (κ3) is 4.27. The Morgan fingerprint density at radius 2 is 2.33 bits per heavy atom. The zero-order chi connectivity index (χ0) is 16.9. The number of rotatable bonds is 6. The van der Waals surface area contributed by atoms with Crippen molar-refractivity contribution in [3.05, 3.63) is 29.1 Å². The Balaban J connectivity index is 1.60. The highest BCUT2D eigenvalue weighted by Gasteiger charge is 2.28. The number of carbonyl (C=O) groups is 2. The van der Waals surface area contributed by atoms with Gasteiger partial charge in [-0.25, -0.2) is 4.98 Å². The van der Waals surface area contributed by atoms with Gasteiger partial charge in [0.15, 0.2) is 10.9 Å². The van der Waals surface area contributed by atoms with Gasteiger partial charge in [-0.3, -0.25) is 9.59 Å². The summed E-state index contributed by atoms with van der Waals surface area (Å²) in [6, 6.07) is 1.70. The Morgan fingerprint density at radius 3 is 3.04 bits per heavy atom.